The van der Waals surface area contributed by atoms with Crippen LogP contribution in [0.5, 0.6) is 0 Å². The average molecular weight is 228 g/mol. The van der Waals surface area contributed by atoms with Gasteiger partial charge in [0, 0.05) is 0 Å². The molecule has 0 unspecified atom stereocenters. The molecule has 0 radical (unpaired) electrons. The molecule has 2 heteroatoms. The summed E-state index contributed by atoms with van der Waals surface area (Å²) in [5, 5.41) is 2.29. The van der Waals surface area contributed by atoms with E-state index in [0.29, 0.717) is 5.56 Å². The maximum atomic E-state index is 11.8. The zero-order valence-electron chi connectivity index (χ0n) is 10.4. The van der Waals surface area contributed by atoms with Crippen molar-refractivity contribution < 1.29 is 9.53 Å². The van der Waals surface area contributed by atoms with Crippen molar-refractivity contribution in [3.63, 3.8) is 0 Å². The lowest BCUT2D eigenvalue weighted by Gasteiger charge is -2.14. The standard InChI is InChI=1S/C15H16O2/c1-10(2)14-12-7-5-4-6-11(12)8-9-13(14)15(16)17-3/h4-10H,1-3H3. The Morgan fingerprint density at radius 2 is 1.82 bits per heavy atom. The third-order valence-electron chi connectivity index (χ3n) is 2.95. The number of hydrogen-bond donors (Lipinski definition) is 0. The molecule has 0 heterocycles. The van der Waals surface area contributed by atoms with E-state index in [2.05, 4.69) is 26.0 Å². The van der Waals surface area contributed by atoms with Crippen molar-refractivity contribution >= 4 is 16.7 Å². The molecule has 0 aliphatic rings. The summed E-state index contributed by atoms with van der Waals surface area (Å²) in [5.41, 5.74) is 1.73. The maximum absolute atomic E-state index is 11.8. The number of benzene rings is 2. The highest BCUT2D eigenvalue weighted by Gasteiger charge is 2.16. The van der Waals surface area contributed by atoms with Crippen LogP contribution >= 0.6 is 0 Å². The maximum Gasteiger partial charge on any atom is 0.338 e. The van der Waals surface area contributed by atoms with E-state index in [4.69, 9.17) is 4.74 Å². The molecule has 0 saturated heterocycles. The van der Waals surface area contributed by atoms with Crippen molar-refractivity contribution in [1.82, 2.24) is 0 Å². The van der Waals surface area contributed by atoms with Crippen LogP contribution in [-0.4, -0.2) is 13.1 Å². The van der Waals surface area contributed by atoms with Gasteiger partial charge in [0.05, 0.1) is 12.7 Å². The van der Waals surface area contributed by atoms with Crippen LogP contribution in [0.15, 0.2) is 36.4 Å². The Kier molecular flexibility index (Phi) is 3.14. The van der Waals surface area contributed by atoms with Gasteiger partial charge in [-0.1, -0.05) is 44.2 Å². The summed E-state index contributed by atoms with van der Waals surface area (Å²) in [4.78, 5) is 11.8. The largest absolute Gasteiger partial charge is 0.465 e. The number of methoxy groups -OCH3 is 1. The first kappa shape index (κ1) is 11.6. The fourth-order valence-corrected chi connectivity index (χ4v) is 2.21. The SMILES string of the molecule is COC(=O)c1ccc2ccccc2c1C(C)C. The van der Waals surface area contributed by atoms with Crippen molar-refractivity contribution in [2.45, 2.75) is 19.8 Å². The number of ether oxygens (including phenoxy) is 1. The molecule has 17 heavy (non-hydrogen) atoms. The monoisotopic (exact) mass is 228 g/mol. The van der Waals surface area contributed by atoms with Crippen LogP contribution in [0.4, 0.5) is 0 Å². The van der Waals surface area contributed by atoms with Crippen molar-refractivity contribution in [1.29, 1.82) is 0 Å². The van der Waals surface area contributed by atoms with E-state index >= 15 is 0 Å². The number of esters is 1. The highest BCUT2D eigenvalue weighted by atomic mass is 16.5. The van der Waals surface area contributed by atoms with Gasteiger partial charge in [-0.05, 0) is 28.3 Å². The number of rotatable bonds is 2. The molecule has 0 aromatic heterocycles. The smallest absolute Gasteiger partial charge is 0.338 e. The second kappa shape index (κ2) is 4.58. The zero-order valence-corrected chi connectivity index (χ0v) is 10.4. The van der Waals surface area contributed by atoms with Crippen LogP contribution in [-0.2, 0) is 4.74 Å². The lowest BCUT2D eigenvalue weighted by atomic mass is 9.91. The highest BCUT2D eigenvalue weighted by molar-refractivity contribution is 5.99. The van der Waals surface area contributed by atoms with Gasteiger partial charge in [0.25, 0.3) is 0 Å². The minimum Gasteiger partial charge on any atom is -0.465 e. The summed E-state index contributed by atoms with van der Waals surface area (Å²) in [5.74, 6) is 0.0228. The second-order valence-corrected chi connectivity index (χ2v) is 4.39. The molecule has 0 aliphatic heterocycles. The van der Waals surface area contributed by atoms with Gasteiger partial charge in [0.1, 0.15) is 0 Å². The number of fused-ring (bicyclic) bond motifs is 1. The molecule has 0 saturated carbocycles. The van der Waals surface area contributed by atoms with E-state index < -0.39 is 0 Å². The normalized spacial score (nSPS) is 10.8. The van der Waals surface area contributed by atoms with Crippen LogP contribution in [0, 0.1) is 0 Å². The zero-order chi connectivity index (χ0) is 12.4. The molecular weight excluding hydrogens is 212 g/mol. The van der Waals surface area contributed by atoms with Crippen molar-refractivity contribution in [2.75, 3.05) is 7.11 Å². The molecule has 2 rings (SSSR count). The molecule has 2 aromatic carbocycles. The second-order valence-electron chi connectivity index (χ2n) is 4.39. The number of carbonyl (C=O) groups excluding carboxylic acids is 1. The molecule has 0 spiro atoms. The molecule has 0 amide bonds. The summed E-state index contributed by atoms with van der Waals surface area (Å²) in [7, 11) is 1.42. The third-order valence-corrected chi connectivity index (χ3v) is 2.95. The molecular formula is C15H16O2. The van der Waals surface area contributed by atoms with Gasteiger partial charge in [-0.25, -0.2) is 4.79 Å². The van der Waals surface area contributed by atoms with Crippen molar-refractivity contribution in [3.05, 3.63) is 47.5 Å². The molecule has 0 bridgehead atoms. The van der Waals surface area contributed by atoms with E-state index in [1.807, 2.05) is 24.3 Å². The van der Waals surface area contributed by atoms with Gasteiger partial charge in [-0.2, -0.15) is 0 Å². The van der Waals surface area contributed by atoms with E-state index in [1.165, 1.54) is 7.11 Å². The molecule has 2 nitrogen and oxygen atoms in total. The quantitative estimate of drug-likeness (QED) is 0.732. The Bertz CT molecular complexity index is 556. The number of hydrogen-bond acceptors (Lipinski definition) is 2. The van der Waals surface area contributed by atoms with Crippen molar-refractivity contribution in [3.8, 4) is 0 Å². The first-order valence-electron chi connectivity index (χ1n) is 5.75. The van der Waals surface area contributed by atoms with Crippen LogP contribution < -0.4 is 0 Å². The summed E-state index contributed by atoms with van der Waals surface area (Å²) in [6.07, 6.45) is 0. The van der Waals surface area contributed by atoms with E-state index in [0.717, 1.165) is 16.3 Å². The van der Waals surface area contributed by atoms with Crippen molar-refractivity contribution in [2.24, 2.45) is 0 Å². The van der Waals surface area contributed by atoms with Gasteiger partial charge in [-0.3, -0.25) is 0 Å². The molecule has 0 fully saturated rings. The highest BCUT2D eigenvalue weighted by Crippen LogP contribution is 2.29. The predicted molar refractivity (Wildman–Crippen MR) is 69.4 cm³/mol. The van der Waals surface area contributed by atoms with E-state index in [1.54, 1.807) is 0 Å². The fourth-order valence-electron chi connectivity index (χ4n) is 2.21. The van der Waals surface area contributed by atoms with E-state index in [-0.39, 0.29) is 11.9 Å². The Morgan fingerprint density at radius 1 is 1.12 bits per heavy atom. The number of carbonyl (C=O) groups is 1. The summed E-state index contributed by atoms with van der Waals surface area (Å²) in [6.45, 7) is 4.18. The lowest BCUT2D eigenvalue weighted by molar-refractivity contribution is 0.0599. The van der Waals surface area contributed by atoms with E-state index in [9.17, 15) is 4.79 Å². The molecule has 88 valence electrons. The molecule has 0 aliphatic carbocycles. The fraction of sp³-hybridized carbons (Fsp3) is 0.267. The van der Waals surface area contributed by atoms with Crippen LogP contribution in [0.3, 0.4) is 0 Å². The lowest BCUT2D eigenvalue weighted by Crippen LogP contribution is -2.07. The van der Waals surface area contributed by atoms with Crippen LogP contribution in [0.2, 0.25) is 0 Å². The Morgan fingerprint density at radius 3 is 2.47 bits per heavy atom. The Balaban J connectivity index is 2.77. The minimum absolute atomic E-state index is 0.264. The van der Waals surface area contributed by atoms with Gasteiger partial charge < -0.3 is 4.74 Å². The minimum atomic E-state index is -0.264. The van der Waals surface area contributed by atoms with Gasteiger partial charge >= 0.3 is 5.97 Å². The topological polar surface area (TPSA) is 26.3 Å². The summed E-state index contributed by atoms with van der Waals surface area (Å²) in [6, 6.07) is 11.9. The van der Waals surface area contributed by atoms with Crippen LogP contribution in [0.1, 0.15) is 35.7 Å². The Labute approximate surface area is 101 Å². The Hall–Kier alpha value is -1.83. The molecule has 2 aromatic rings. The van der Waals surface area contributed by atoms with Gasteiger partial charge in [-0.15, -0.1) is 0 Å². The van der Waals surface area contributed by atoms with Crippen LogP contribution in [0.25, 0.3) is 10.8 Å². The van der Waals surface area contributed by atoms with Gasteiger partial charge in [0.15, 0.2) is 0 Å². The first-order valence-corrected chi connectivity index (χ1v) is 5.75. The molecule has 0 atom stereocenters. The molecule has 0 N–H and O–H groups in total. The first-order chi connectivity index (χ1) is 8.15. The van der Waals surface area contributed by atoms with Gasteiger partial charge in [0.2, 0.25) is 0 Å². The summed E-state index contributed by atoms with van der Waals surface area (Å²) < 4.78 is 4.84. The average Bonchev–Trinajstić information content (AvgIpc) is 2.36. The third kappa shape index (κ3) is 2.03. The predicted octanol–water partition coefficient (Wildman–Crippen LogP) is 3.75. The summed E-state index contributed by atoms with van der Waals surface area (Å²) >= 11 is 0.